The van der Waals surface area contributed by atoms with Gasteiger partial charge < -0.3 is 19.9 Å². The molecule has 3 aromatic carbocycles. The van der Waals surface area contributed by atoms with Crippen molar-refractivity contribution in [2.24, 2.45) is 4.99 Å². The van der Waals surface area contributed by atoms with E-state index in [2.05, 4.69) is 34.8 Å². The number of benzene rings is 3. The van der Waals surface area contributed by atoms with Gasteiger partial charge in [-0.1, -0.05) is 23.8 Å². The number of rotatable bonds is 7. The van der Waals surface area contributed by atoms with E-state index in [4.69, 9.17) is 19.5 Å². The molecule has 2 aliphatic heterocycles. The summed E-state index contributed by atoms with van der Waals surface area (Å²) in [6, 6.07) is 15.6. The van der Waals surface area contributed by atoms with Crippen molar-refractivity contribution >= 4 is 35.1 Å². The first kappa shape index (κ1) is 27.5. The predicted molar refractivity (Wildman–Crippen MR) is 162 cm³/mol. The molecule has 1 aromatic heterocycles. The van der Waals surface area contributed by atoms with E-state index in [0.717, 1.165) is 28.0 Å². The minimum absolute atomic E-state index is 0.0506. The minimum Gasteiger partial charge on any atom is -0.496 e. The van der Waals surface area contributed by atoms with Crippen LogP contribution in [0.25, 0.3) is 11.3 Å². The number of carbonyl (C=O) groups is 1. The zero-order valence-electron chi connectivity index (χ0n) is 23.1. The molecule has 6 rings (SSSR count). The Morgan fingerprint density at radius 1 is 1.07 bits per heavy atom. The number of nitrogens with one attached hydrogen (secondary N) is 1. The topological polar surface area (TPSA) is 106 Å². The summed E-state index contributed by atoms with van der Waals surface area (Å²) in [5.41, 5.74) is 6.84. The summed E-state index contributed by atoms with van der Waals surface area (Å²) in [7, 11) is 2.94. The number of fused-ring (bicyclic) bond motifs is 3. The smallest absolute Gasteiger partial charge is 0.339 e. The number of nitrogens with zero attached hydrogens (tertiary/aromatic N) is 3. The van der Waals surface area contributed by atoms with E-state index in [0.29, 0.717) is 34.4 Å². The van der Waals surface area contributed by atoms with Crippen molar-refractivity contribution in [1.29, 1.82) is 0 Å². The van der Waals surface area contributed by atoms with E-state index in [-0.39, 0.29) is 23.8 Å². The van der Waals surface area contributed by atoms with E-state index < -0.39 is 11.8 Å². The molecule has 10 heteroatoms. The lowest BCUT2D eigenvalue weighted by Gasteiger charge is -2.18. The molecular weight excluding hydrogens is 555 g/mol. The van der Waals surface area contributed by atoms with E-state index in [9.17, 15) is 9.90 Å². The number of carboxylic acid groups (broad SMARTS) is 1. The molecule has 0 saturated heterocycles. The van der Waals surface area contributed by atoms with E-state index in [1.54, 1.807) is 42.2 Å². The summed E-state index contributed by atoms with van der Waals surface area (Å²) in [6.07, 6.45) is 1.71. The number of anilines is 2. The highest BCUT2D eigenvalue weighted by Crippen LogP contribution is 2.40. The van der Waals surface area contributed by atoms with Gasteiger partial charge in [0.1, 0.15) is 22.9 Å². The highest BCUT2D eigenvalue weighted by atomic mass is 32.2. The van der Waals surface area contributed by atoms with Crippen molar-refractivity contribution in [2.75, 3.05) is 25.3 Å². The molecule has 4 aromatic rings. The molecule has 1 atom stereocenters. The normalized spacial score (nSPS) is 15.6. The van der Waals surface area contributed by atoms with Gasteiger partial charge in [0.2, 0.25) is 5.95 Å². The first-order valence-corrected chi connectivity index (χ1v) is 14.3. The molecule has 0 aliphatic carbocycles. The van der Waals surface area contributed by atoms with Crippen molar-refractivity contribution in [2.45, 2.75) is 19.4 Å². The quantitative estimate of drug-likeness (QED) is 0.244. The molecule has 0 spiro atoms. The van der Waals surface area contributed by atoms with Gasteiger partial charge in [0, 0.05) is 46.3 Å². The maximum atomic E-state index is 15.4. The standard InChI is InChI=1S/C32H27FN4O4S/c1-17-15-42-16-24(17)18-7-9-21-23(11-18)30(28-25(33)5-4-6-26(28)40-2)34-13-19-14-35-32(37-29(19)21)36-20-8-10-22(31(38)39)27(12-20)41-3/h4-12,14-15,24H,13,16H2,1-3H3,(H,38,39)(H,35,36,37). The molecule has 0 saturated carbocycles. The van der Waals surface area contributed by atoms with Crippen molar-refractivity contribution in [3.8, 4) is 22.8 Å². The number of allylic oxidation sites excluding steroid dienone is 1. The average molecular weight is 583 g/mol. The maximum Gasteiger partial charge on any atom is 0.339 e. The average Bonchev–Trinajstić information content (AvgIpc) is 3.36. The van der Waals surface area contributed by atoms with Gasteiger partial charge in [0.05, 0.1) is 37.7 Å². The van der Waals surface area contributed by atoms with Crippen LogP contribution < -0.4 is 14.8 Å². The molecule has 3 heterocycles. The number of ether oxygens (including phenoxy) is 2. The van der Waals surface area contributed by atoms with Crippen LogP contribution >= 0.6 is 11.8 Å². The molecule has 42 heavy (non-hydrogen) atoms. The van der Waals surface area contributed by atoms with Gasteiger partial charge in [-0.05, 0) is 48.2 Å². The first-order valence-electron chi connectivity index (χ1n) is 13.2. The number of hydrogen-bond donors (Lipinski definition) is 2. The summed E-state index contributed by atoms with van der Waals surface area (Å²) in [6.45, 7) is 2.37. The van der Waals surface area contributed by atoms with Gasteiger partial charge in [-0.2, -0.15) is 0 Å². The molecule has 0 radical (unpaired) electrons. The third kappa shape index (κ3) is 4.98. The Kier molecular flexibility index (Phi) is 7.38. The number of hydrogen-bond acceptors (Lipinski definition) is 8. The molecule has 0 fully saturated rings. The van der Waals surface area contributed by atoms with Crippen molar-refractivity contribution in [3.05, 3.63) is 105 Å². The number of thioether (sulfide) groups is 1. The zero-order valence-corrected chi connectivity index (χ0v) is 24.0. The Hall–Kier alpha value is -4.70. The number of aromatic nitrogens is 2. The second kappa shape index (κ2) is 11.3. The third-order valence-electron chi connectivity index (χ3n) is 7.43. The molecule has 0 bridgehead atoms. The number of aliphatic imine (C=N–C) groups is 1. The van der Waals surface area contributed by atoms with Gasteiger partial charge in [0.25, 0.3) is 0 Å². The Labute approximate surface area is 246 Å². The second-order valence-corrected chi connectivity index (χ2v) is 10.8. The highest BCUT2D eigenvalue weighted by Gasteiger charge is 2.27. The van der Waals surface area contributed by atoms with Crippen molar-refractivity contribution in [3.63, 3.8) is 0 Å². The molecule has 1 unspecified atom stereocenters. The second-order valence-electron chi connectivity index (χ2n) is 9.95. The highest BCUT2D eigenvalue weighted by molar-refractivity contribution is 8.02. The van der Waals surface area contributed by atoms with Crippen molar-refractivity contribution < 1.29 is 23.8 Å². The summed E-state index contributed by atoms with van der Waals surface area (Å²) in [5, 5.41) is 14.8. The molecule has 212 valence electrons. The van der Waals surface area contributed by atoms with Gasteiger partial charge in [0.15, 0.2) is 0 Å². The van der Waals surface area contributed by atoms with E-state index in [1.165, 1.54) is 31.9 Å². The van der Waals surface area contributed by atoms with Gasteiger partial charge >= 0.3 is 5.97 Å². The Morgan fingerprint density at radius 2 is 1.90 bits per heavy atom. The predicted octanol–water partition coefficient (Wildman–Crippen LogP) is 6.83. The molecule has 8 nitrogen and oxygen atoms in total. The lowest BCUT2D eigenvalue weighted by Crippen LogP contribution is -2.11. The number of carboxylic acids is 1. The van der Waals surface area contributed by atoms with Crippen LogP contribution in [0.3, 0.4) is 0 Å². The molecular formula is C32H27FN4O4S. The zero-order chi connectivity index (χ0) is 29.4. The summed E-state index contributed by atoms with van der Waals surface area (Å²) in [5.74, 6) is 0.610. The Bertz CT molecular complexity index is 1790. The summed E-state index contributed by atoms with van der Waals surface area (Å²) >= 11 is 1.79. The lowest BCUT2D eigenvalue weighted by molar-refractivity contribution is 0.0693. The summed E-state index contributed by atoms with van der Waals surface area (Å²) in [4.78, 5) is 25.8. The summed E-state index contributed by atoms with van der Waals surface area (Å²) < 4.78 is 26.3. The fourth-order valence-electron chi connectivity index (χ4n) is 5.29. The van der Waals surface area contributed by atoms with Crippen LogP contribution in [-0.4, -0.2) is 46.7 Å². The number of methoxy groups -OCH3 is 2. The van der Waals surface area contributed by atoms with Crippen LogP contribution in [0.4, 0.5) is 16.0 Å². The minimum atomic E-state index is -1.08. The SMILES string of the molecule is COc1cc(Nc2ncc3c(n2)-c2ccc(C4CSC=C4C)cc2C(c2c(F)cccc2OC)=NC3)ccc1C(=O)O. The van der Waals surface area contributed by atoms with Gasteiger partial charge in [-0.3, -0.25) is 4.99 Å². The van der Waals surface area contributed by atoms with Crippen LogP contribution in [-0.2, 0) is 6.54 Å². The van der Waals surface area contributed by atoms with Gasteiger partial charge in [-0.15, -0.1) is 11.8 Å². The van der Waals surface area contributed by atoms with Crippen LogP contribution in [0.2, 0.25) is 0 Å². The largest absolute Gasteiger partial charge is 0.496 e. The maximum absolute atomic E-state index is 15.4. The Morgan fingerprint density at radius 3 is 2.64 bits per heavy atom. The fraction of sp³-hybridized carbons (Fsp3) is 0.188. The lowest BCUT2D eigenvalue weighted by atomic mass is 9.88. The van der Waals surface area contributed by atoms with Crippen LogP contribution in [0.15, 0.2) is 76.8 Å². The fourth-order valence-corrected chi connectivity index (χ4v) is 6.46. The monoisotopic (exact) mass is 582 g/mol. The molecule has 0 amide bonds. The molecule has 2 N–H and O–H groups in total. The van der Waals surface area contributed by atoms with Crippen LogP contribution in [0.5, 0.6) is 11.5 Å². The van der Waals surface area contributed by atoms with E-state index in [1.807, 2.05) is 6.07 Å². The van der Waals surface area contributed by atoms with Gasteiger partial charge in [-0.25, -0.2) is 19.2 Å². The van der Waals surface area contributed by atoms with Crippen LogP contribution in [0, 0.1) is 5.82 Å². The van der Waals surface area contributed by atoms with E-state index >= 15 is 4.39 Å². The Balaban J connectivity index is 1.47. The molecule has 2 aliphatic rings. The first-order chi connectivity index (χ1) is 20.4. The number of halogens is 1. The van der Waals surface area contributed by atoms with Crippen LogP contribution in [0.1, 0.15) is 45.5 Å². The third-order valence-corrected chi connectivity index (χ3v) is 8.49. The van der Waals surface area contributed by atoms with Crippen molar-refractivity contribution in [1.82, 2.24) is 9.97 Å². The number of aromatic carboxylic acids is 1.